The summed E-state index contributed by atoms with van der Waals surface area (Å²) in [5.41, 5.74) is 5.62. The molecule has 2 aromatic rings. The molecule has 0 fully saturated rings. The van der Waals surface area contributed by atoms with E-state index in [2.05, 4.69) is 61.5 Å². The first kappa shape index (κ1) is 17.8. The second kappa shape index (κ2) is 7.38. The van der Waals surface area contributed by atoms with Crippen LogP contribution in [0, 0.1) is 6.92 Å². The van der Waals surface area contributed by atoms with Crippen molar-refractivity contribution >= 4 is 6.08 Å². The quantitative estimate of drug-likeness (QED) is 0.513. The molecule has 0 spiro atoms. The Labute approximate surface area is 140 Å². The van der Waals surface area contributed by atoms with Gasteiger partial charge in [0.15, 0.2) is 0 Å². The van der Waals surface area contributed by atoms with Crippen molar-refractivity contribution in [1.29, 1.82) is 0 Å². The van der Waals surface area contributed by atoms with Crippen LogP contribution in [0.25, 0.3) is 6.08 Å². The van der Waals surface area contributed by atoms with E-state index in [9.17, 15) is 0 Å². The van der Waals surface area contributed by atoms with Crippen LogP contribution in [-0.2, 0) is 26.2 Å². The molecule has 1 unspecified atom stereocenters. The maximum absolute atomic E-state index is 2.30. The van der Waals surface area contributed by atoms with Gasteiger partial charge in [0.2, 0.25) is 0 Å². The molecule has 0 bridgehead atoms. The fourth-order valence-electron chi connectivity index (χ4n) is 2.39. The van der Waals surface area contributed by atoms with Crippen molar-refractivity contribution in [3.8, 4) is 0 Å². The predicted molar refractivity (Wildman–Crippen MR) is 64.1 cm³/mol. The molecule has 18 heavy (non-hydrogen) atoms. The van der Waals surface area contributed by atoms with Crippen LogP contribution in [0.5, 0.6) is 0 Å². The molecule has 0 amide bonds. The van der Waals surface area contributed by atoms with E-state index in [0.29, 0.717) is 5.92 Å². The summed E-state index contributed by atoms with van der Waals surface area (Å²) in [6, 6.07) is 15.2. The minimum Gasteiger partial charge on any atom is -1.00 e. The molecule has 3 heteroatoms. The van der Waals surface area contributed by atoms with E-state index in [0.717, 1.165) is 0 Å². The zero-order chi connectivity index (χ0) is 10.3. The fraction of sp³-hybridized carbons (Fsp3) is 0.133. The molecular weight excluding hydrogens is 342 g/mol. The molecule has 1 atom stereocenters. The number of rotatable bonds is 1. The summed E-state index contributed by atoms with van der Waals surface area (Å²) in [7, 11) is 0. The summed E-state index contributed by atoms with van der Waals surface area (Å²) in [6.07, 6.45) is 4.55. The molecule has 1 aliphatic rings. The summed E-state index contributed by atoms with van der Waals surface area (Å²) in [5, 5.41) is 0. The van der Waals surface area contributed by atoms with E-state index in [-0.39, 0.29) is 51.0 Å². The Hall–Kier alpha value is -0.227. The van der Waals surface area contributed by atoms with Crippen molar-refractivity contribution < 1.29 is 51.0 Å². The van der Waals surface area contributed by atoms with Crippen molar-refractivity contribution in [1.82, 2.24) is 0 Å². The molecule has 3 rings (SSSR count). The second-order valence-corrected chi connectivity index (χ2v) is 4.13. The minimum absolute atomic E-state index is 0. The first-order chi connectivity index (χ1) is 7.36. The van der Waals surface area contributed by atoms with Crippen molar-refractivity contribution in [3.05, 3.63) is 70.8 Å². The Balaban J connectivity index is 0.000000963. The van der Waals surface area contributed by atoms with Gasteiger partial charge >= 0.3 is 26.2 Å². The van der Waals surface area contributed by atoms with Crippen LogP contribution < -0.4 is 24.8 Å². The minimum atomic E-state index is 0. The molecular formula is C15H13Cl2Zr. The van der Waals surface area contributed by atoms with Gasteiger partial charge in [-0.1, -0.05) is 30.4 Å². The Morgan fingerprint density at radius 1 is 1.00 bits per heavy atom. The number of allylic oxidation sites excluding steroid dienone is 1. The largest absolute Gasteiger partial charge is 3.00 e. The zero-order valence-electron chi connectivity index (χ0n) is 10.0. The molecule has 0 N–H and O–H groups in total. The van der Waals surface area contributed by atoms with Gasteiger partial charge in [-0.2, -0.15) is 12.1 Å². The van der Waals surface area contributed by atoms with Crippen LogP contribution in [0.15, 0.2) is 48.5 Å². The Bertz CT molecular complexity index is 515. The van der Waals surface area contributed by atoms with Crippen molar-refractivity contribution in [2.45, 2.75) is 12.8 Å². The van der Waals surface area contributed by atoms with Crippen LogP contribution >= 0.6 is 0 Å². The van der Waals surface area contributed by atoms with Gasteiger partial charge in [0, 0.05) is 0 Å². The maximum Gasteiger partial charge on any atom is 3.00 e. The molecule has 91 valence electrons. The van der Waals surface area contributed by atoms with Crippen LogP contribution in [-0.4, -0.2) is 0 Å². The second-order valence-electron chi connectivity index (χ2n) is 4.13. The molecule has 0 aromatic heterocycles. The van der Waals surface area contributed by atoms with Gasteiger partial charge in [-0.05, 0) is 29.5 Å². The maximum atomic E-state index is 2.30. The molecule has 2 aromatic carbocycles. The van der Waals surface area contributed by atoms with Gasteiger partial charge in [0.1, 0.15) is 0 Å². The van der Waals surface area contributed by atoms with Gasteiger partial charge in [0.25, 0.3) is 0 Å². The van der Waals surface area contributed by atoms with Gasteiger partial charge in [0.05, 0.1) is 0 Å². The van der Waals surface area contributed by atoms with Gasteiger partial charge in [-0.25, -0.2) is 12.1 Å². The summed E-state index contributed by atoms with van der Waals surface area (Å²) in [6.45, 7) is 2.18. The van der Waals surface area contributed by atoms with Crippen LogP contribution in [0.1, 0.15) is 28.2 Å². The summed E-state index contributed by atoms with van der Waals surface area (Å²) in [4.78, 5) is 0. The van der Waals surface area contributed by atoms with Crippen LogP contribution in [0.3, 0.4) is 0 Å². The zero-order valence-corrected chi connectivity index (χ0v) is 14.0. The number of hydrogen-bond acceptors (Lipinski definition) is 0. The van der Waals surface area contributed by atoms with Gasteiger partial charge < -0.3 is 24.8 Å². The molecule has 1 aliphatic carbocycles. The topological polar surface area (TPSA) is 0 Å². The number of halogens is 2. The van der Waals surface area contributed by atoms with E-state index in [1.54, 1.807) is 0 Å². The average molecular weight is 355 g/mol. The SMILES string of the molecule is Cc1cccc2c1C=CC2[c-]1cccc1.[Cl-].[Cl-].[Zr+3]. The van der Waals surface area contributed by atoms with E-state index < -0.39 is 0 Å². The monoisotopic (exact) mass is 353 g/mol. The number of aryl methyl sites for hydroxylation is 1. The molecule has 0 aliphatic heterocycles. The molecule has 1 radical (unpaired) electrons. The smallest absolute Gasteiger partial charge is 1.00 e. The number of fused-ring (bicyclic) bond motifs is 1. The van der Waals surface area contributed by atoms with E-state index in [1.807, 2.05) is 0 Å². The average Bonchev–Trinajstić information content (AvgIpc) is 2.85. The van der Waals surface area contributed by atoms with E-state index >= 15 is 0 Å². The standard InChI is InChI=1S/C15H13.2ClH.Zr/c1-11-5-4-8-15-13(11)9-10-14(15)12-6-2-3-7-12;;;/h2-10,14H,1H3;2*1H;/q-1;;;+3/p-2. The third-order valence-corrected chi connectivity index (χ3v) is 3.20. The van der Waals surface area contributed by atoms with Gasteiger partial charge in [-0.15, -0.1) is 5.56 Å². The van der Waals surface area contributed by atoms with Crippen molar-refractivity contribution in [2.75, 3.05) is 0 Å². The molecule has 0 heterocycles. The number of benzene rings is 1. The van der Waals surface area contributed by atoms with E-state index in [1.165, 1.54) is 22.3 Å². The molecule has 0 saturated carbocycles. The Morgan fingerprint density at radius 3 is 2.33 bits per heavy atom. The first-order valence-corrected chi connectivity index (χ1v) is 5.35. The van der Waals surface area contributed by atoms with E-state index in [4.69, 9.17) is 0 Å². The Morgan fingerprint density at radius 2 is 1.67 bits per heavy atom. The first-order valence-electron chi connectivity index (χ1n) is 5.35. The predicted octanol–water partition coefficient (Wildman–Crippen LogP) is -2.12. The summed E-state index contributed by atoms with van der Waals surface area (Å²) >= 11 is 0. The molecule has 0 saturated heterocycles. The van der Waals surface area contributed by atoms with Crippen LogP contribution in [0.4, 0.5) is 0 Å². The summed E-state index contributed by atoms with van der Waals surface area (Å²) < 4.78 is 0. The van der Waals surface area contributed by atoms with Crippen molar-refractivity contribution in [3.63, 3.8) is 0 Å². The number of hydrogen-bond donors (Lipinski definition) is 0. The summed E-state index contributed by atoms with van der Waals surface area (Å²) in [5.74, 6) is 0.467. The third kappa shape index (κ3) is 3.02. The molecule has 0 nitrogen and oxygen atoms in total. The fourth-order valence-corrected chi connectivity index (χ4v) is 2.39. The van der Waals surface area contributed by atoms with Crippen molar-refractivity contribution in [2.24, 2.45) is 0 Å². The normalized spacial score (nSPS) is 15.1. The van der Waals surface area contributed by atoms with Crippen LogP contribution in [0.2, 0.25) is 0 Å². The Kier molecular flexibility index (Phi) is 7.29. The van der Waals surface area contributed by atoms with Gasteiger partial charge in [-0.3, -0.25) is 0 Å². The third-order valence-electron chi connectivity index (χ3n) is 3.20.